The number of hydrogen-bond acceptors (Lipinski definition) is 2. The third-order valence-corrected chi connectivity index (χ3v) is 7.18. The molecular weight excluding hydrogens is 398 g/mol. The molecular formula is C25H26ClNO3. The Kier molecular flexibility index (Phi) is 4.78. The first-order chi connectivity index (χ1) is 14.4. The van der Waals surface area contributed by atoms with Gasteiger partial charge in [-0.25, -0.2) is 4.79 Å². The largest absolute Gasteiger partial charge is 0.491 e. The van der Waals surface area contributed by atoms with E-state index in [4.69, 9.17) is 16.3 Å². The molecule has 2 bridgehead atoms. The number of rotatable bonds is 5. The highest BCUT2D eigenvalue weighted by atomic mass is 35.5. The van der Waals surface area contributed by atoms with Crippen molar-refractivity contribution < 1.29 is 14.6 Å². The lowest BCUT2D eigenvalue weighted by molar-refractivity contribution is 0.0691. The Morgan fingerprint density at radius 1 is 1.13 bits per heavy atom. The average Bonchev–Trinajstić information content (AvgIpc) is 3.42. The van der Waals surface area contributed by atoms with Crippen molar-refractivity contribution in [2.75, 3.05) is 0 Å². The highest BCUT2D eigenvalue weighted by Crippen LogP contribution is 2.55. The Morgan fingerprint density at radius 3 is 2.50 bits per heavy atom. The number of H-pyrrole nitrogens is 1. The minimum atomic E-state index is -1.04. The molecule has 5 rings (SSSR count). The second-order valence-corrected chi connectivity index (χ2v) is 9.42. The predicted octanol–water partition coefficient (Wildman–Crippen LogP) is 6.88. The molecule has 0 spiro atoms. The van der Waals surface area contributed by atoms with Crippen molar-refractivity contribution in [3.63, 3.8) is 0 Å². The summed E-state index contributed by atoms with van der Waals surface area (Å²) in [6, 6.07) is 12.3. The van der Waals surface area contributed by atoms with Crippen LogP contribution in [0, 0.1) is 11.8 Å². The Hall–Kier alpha value is -2.46. The number of carboxylic acids is 1. The van der Waals surface area contributed by atoms with Crippen molar-refractivity contribution in [1.29, 1.82) is 0 Å². The molecule has 1 aromatic heterocycles. The van der Waals surface area contributed by atoms with Gasteiger partial charge in [0.25, 0.3) is 0 Å². The van der Waals surface area contributed by atoms with E-state index in [0.717, 1.165) is 33.7 Å². The molecule has 0 aliphatic heterocycles. The average molecular weight is 424 g/mol. The molecule has 5 heteroatoms. The van der Waals surface area contributed by atoms with Crippen LogP contribution in [-0.2, 0) is 0 Å². The van der Waals surface area contributed by atoms with E-state index >= 15 is 0 Å². The van der Waals surface area contributed by atoms with Crippen LogP contribution in [0.3, 0.4) is 0 Å². The van der Waals surface area contributed by atoms with Gasteiger partial charge in [0.05, 0.1) is 11.1 Å². The fraction of sp³-hybridized carbons (Fsp3) is 0.400. The van der Waals surface area contributed by atoms with Crippen LogP contribution in [0.15, 0.2) is 36.4 Å². The molecule has 30 heavy (non-hydrogen) atoms. The summed E-state index contributed by atoms with van der Waals surface area (Å²) in [4.78, 5) is 14.7. The lowest BCUT2D eigenvalue weighted by Gasteiger charge is -2.25. The number of ether oxygens (including phenoxy) is 1. The van der Waals surface area contributed by atoms with E-state index in [0.29, 0.717) is 16.9 Å². The van der Waals surface area contributed by atoms with Crippen LogP contribution in [0.2, 0.25) is 5.02 Å². The minimum Gasteiger partial charge on any atom is -0.491 e. The van der Waals surface area contributed by atoms with Gasteiger partial charge >= 0.3 is 5.97 Å². The van der Waals surface area contributed by atoms with E-state index in [2.05, 4.69) is 23.2 Å². The van der Waals surface area contributed by atoms with Crippen molar-refractivity contribution in [3.8, 4) is 16.9 Å². The molecule has 2 aromatic carbocycles. The standard InChI is InChI=1S/C25H26ClNO3/c1-13(2)30-17-7-5-15(6-8-17)21-18(19-12-14-3-4-16(19)11-14)9-10-20-22(21)23(26)24(27-20)25(28)29/h5-10,13-14,16,19,27H,3-4,11-12H2,1-2H3,(H,28,29). The summed E-state index contributed by atoms with van der Waals surface area (Å²) in [5.74, 6) is 1.83. The Balaban J connectivity index is 1.70. The Morgan fingerprint density at radius 2 is 1.90 bits per heavy atom. The SMILES string of the molecule is CC(C)Oc1ccc(-c2c(C3CC4CCC3C4)ccc3[nH]c(C(=O)O)c(Cl)c23)cc1. The number of aromatic amines is 1. The molecule has 3 aromatic rings. The molecule has 1 heterocycles. The summed E-state index contributed by atoms with van der Waals surface area (Å²) in [5, 5.41) is 10.7. The van der Waals surface area contributed by atoms with E-state index in [9.17, 15) is 9.90 Å². The van der Waals surface area contributed by atoms with Crippen molar-refractivity contribution in [2.24, 2.45) is 11.8 Å². The molecule has 2 aliphatic carbocycles. The molecule has 2 aliphatic rings. The lowest BCUT2D eigenvalue weighted by Crippen LogP contribution is -2.10. The smallest absolute Gasteiger partial charge is 0.353 e. The summed E-state index contributed by atoms with van der Waals surface area (Å²) >= 11 is 6.63. The maximum atomic E-state index is 11.7. The molecule has 0 amide bonds. The summed E-state index contributed by atoms with van der Waals surface area (Å²) in [6.45, 7) is 4.02. The maximum absolute atomic E-state index is 11.7. The molecule has 2 N–H and O–H groups in total. The molecule has 0 saturated heterocycles. The number of nitrogens with one attached hydrogen (secondary N) is 1. The number of halogens is 1. The summed E-state index contributed by atoms with van der Waals surface area (Å²) < 4.78 is 5.81. The zero-order chi connectivity index (χ0) is 21.0. The van der Waals surface area contributed by atoms with E-state index in [1.807, 2.05) is 32.0 Å². The van der Waals surface area contributed by atoms with Gasteiger partial charge in [-0.15, -0.1) is 0 Å². The number of benzene rings is 2. The number of carboxylic acid groups (broad SMARTS) is 1. The maximum Gasteiger partial charge on any atom is 0.353 e. The number of aromatic nitrogens is 1. The predicted molar refractivity (Wildman–Crippen MR) is 120 cm³/mol. The van der Waals surface area contributed by atoms with E-state index in [1.54, 1.807) is 0 Å². The molecule has 3 atom stereocenters. The molecule has 2 fully saturated rings. The molecule has 3 unspecified atom stereocenters. The third-order valence-electron chi connectivity index (χ3n) is 6.80. The highest BCUT2D eigenvalue weighted by Gasteiger charge is 2.41. The van der Waals surface area contributed by atoms with Gasteiger partial charge in [-0.2, -0.15) is 0 Å². The van der Waals surface area contributed by atoms with Crippen LogP contribution in [0.25, 0.3) is 22.0 Å². The molecule has 2 saturated carbocycles. The van der Waals surface area contributed by atoms with Gasteiger partial charge in [-0.3, -0.25) is 0 Å². The van der Waals surface area contributed by atoms with Gasteiger partial charge in [0.2, 0.25) is 0 Å². The first-order valence-electron chi connectivity index (χ1n) is 10.8. The van der Waals surface area contributed by atoms with Crippen LogP contribution in [-0.4, -0.2) is 22.2 Å². The third kappa shape index (κ3) is 3.18. The van der Waals surface area contributed by atoms with Crippen LogP contribution < -0.4 is 4.74 Å². The van der Waals surface area contributed by atoms with Gasteiger partial charge in [-0.05, 0) is 85.8 Å². The zero-order valence-electron chi connectivity index (χ0n) is 17.2. The molecule has 0 radical (unpaired) electrons. The van der Waals surface area contributed by atoms with Gasteiger partial charge in [0, 0.05) is 10.9 Å². The summed E-state index contributed by atoms with van der Waals surface area (Å²) in [7, 11) is 0. The quantitative estimate of drug-likeness (QED) is 0.470. The fourth-order valence-corrected chi connectivity index (χ4v) is 5.96. The zero-order valence-corrected chi connectivity index (χ0v) is 18.0. The van der Waals surface area contributed by atoms with Crippen LogP contribution in [0.1, 0.15) is 61.5 Å². The van der Waals surface area contributed by atoms with Crippen molar-refractivity contribution in [3.05, 3.63) is 52.7 Å². The number of aromatic carboxylic acids is 1. The van der Waals surface area contributed by atoms with Crippen molar-refractivity contribution >= 4 is 28.5 Å². The Labute approximate surface area is 181 Å². The first-order valence-corrected chi connectivity index (χ1v) is 11.1. The summed E-state index contributed by atoms with van der Waals surface area (Å²) in [5.41, 5.74) is 4.23. The second kappa shape index (κ2) is 7.35. The number of carbonyl (C=O) groups is 1. The van der Waals surface area contributed by atoms with E-state index < -0.39 is 5.97 Å². The topological polar surface area (TPSA) is 62.3 Å². The fourth-order valence-electron chi connectivity index (χ4n) is 5.63. The first kappa shape index (κ1) is 19.5. The molecule has 4 nitrogen and oxygen atoms in total. The van der Waals surface area contributed by atoms with E-state index in [1.165, 1.54) is 31.2 Å². The molecule has 156 valence electrons. The monoisotopic (exact) mass is 423 g/mol. The summed E-state index contributed by atoms with van der Waals surface area (Å²) in [6.07, 6.45) is 5.26. The van der Waals surface area contributed by atoms with E-state index in [-0.39, 0.29) is 11.8 Å². The minimum absolute atomic E-state index is 0.0535. The normalized spacial score (nSPS) is 22.9. The number of hydrogen-bond donors (Lipinski definition) is 2. The van der Waals surface area contributed by atoms with Crippen LogP contribution in [0.4, 0.5) is 0 Å². The van der Waals surface area contributed by atoms with Crippen molar-refractivity contribution in [2.45, 2.75) is 51.6 Å². The van der Waals surface area contributed by atoms with Gasteiger partial charge in [0.15, 0.2) is 0 Å². The van der Waals surface area contributed by atoms with Gasteiger partial charge < -0.3 is 14.8 Å². The van der Waals surface area contributed by atoms with Gasteiger partial charge in [0.1, 0.15) is 11.4 Å². The Bertz CT molecular complexity index is 1120. The number of fused-ring (bicyclic) bond motifs is 3. The second-order valence-electron chi connectivity index (χ2n) is 9.04. The van der Waals surface area contributed by atoms with Crippen LogP contribution >= 0.6 is 11.6 Å². The highest BCUT2D eigenvalue weighted by molar-refractivity contribution is 6.39. The van der Waals surface area contributed by atoms with Gasteiger partial charge in [-0.1, -0.05) is 36.2 Å². The van der Waals surface area contributed by atoms with Crippen molar-refractivity contribution in [1.82, 2.24) is 4.98 Å². The lowest BCUT2D eigenvalue weighted by atomic mass is 9.79. The van der Waals surface area contributed by atoms with Crippen LogP contribution in [0.5, 0.6) is 5.75 Å².